The Morgan fingerprint density at radius 2 is 1.93 bits per heavy atom. The van der Waals surface area contributed by atoms with E-state index in [9.17, 15) is 10.0 Å². The molecule has 1 atom stereocenters. The normalized spacial score (nSPS) is 12.8. The van der Waals surface area contributed by atoms with Crippen molar-refractivity contribution in [1.82, 2.24) is 9.55 Å². The number of aryl methyl sites for hydroxylation is 2. The lowest BCUT2D eigenvalue weighted by molar-refractivity contribution is 0.317. The van der Waals surface area contributed by atoms with Crippen LogP contribution in [0.25, 0.3) is 0 Å². The van der Waals surface area contributed by atoms with Crippen molar-refractivity contribution in [3.63, 3.8) is 0 Å². The lowest BCUT2D eigenvalue weighted by Crippen LogP contribution is -2.21. The largest absolute Gasteiger partial charge is 0.411 e. The van der Waals surface area contributed by atoms with Gasteiger partial charge in [-0.15, -0.1) is 0 Å². The van der Waals surface area contributed by atoms with Crippen LogP contribution in [0.3, 0.4) is 0 Å². The van der Waals surface area contributed by atoms with Crippen LogP contribution in [0.1, 0.15) is 34.6 Å². The van der Waals surface area contributed by atoms with Gasteiger partial charge in [0.15, 0.2) is 0 Å². The van der Waals surface area contributed by atoms with E-state index >= 15 is 0 Å². The summed E-state index contributed by atoms with van der Waals surface area (Å²) in [5, 5.41) is 13.2. The second kappa shape index (κ2) is 8.31. The summed E-state index contributed by atoms with van der Waals surface area (Å²) in [6.07, 6.45) is 3.57. The summed E-state index contributed by atoms with van der Waals surface area (Å²) in [6, 6.07) is 16.3. The molecular weight excluding hydrogens is 406 g/mol. The predicted octanol–water partition coefficient (Wildman–Crippen LogP) is 4.25. The number of oxime groups is 1. The van der Waals surface area contributed by atoms with Gasteiger partial charge in [0.2, 0.25) is 0 Å². The number of hydrogen-bond acceptors (Lipinski definition) is 4. The second-order valence-corrected chi connectivity index (χ2v) is 7.36. The van der Waals surface area contributed by atoms with Gasteiger partial charge in [0, 0.05) is 41.8 Å². The first kappa shape index (κ1) is 19.0. The minimum absolute atomic E-state index is 0.00225. The molecule has 0 aliphatic heterocycles. The third-order valence-corrected chi connectivity index (χ3v) is 5.16. The van der Waals surface area contributed by atoms with Crippen LogP contribution in [-0.4, -0.2) is 20.5 Å². The first-order chi connectivity index (χ1) is 13.0. The van der Waals surface area contributed by atoms with E-state index in [0.29, 0.717) is 17.7 Å². The molecule has 0 aliphatic rings. The highest BCUT2D eigenvalue weighted by molar-refractivity contribution is 9.10. The average molecular weight is 426 g/mol. The molecule has 0 radical (unpaired) electrons. The number of aromatic nitrogens is 2. The summed E-state index contributed by atoms with van der Waals surface area (Å²) in [7, 11) is 1.63. The fraction of sp³-hybridized carbons (Fsp3) is 0.190. The average Bonchev–Trinajstić information content (AvgIpc) is 2.67. The predicted molar refractivity (Wildman–Crippen MR) is 110 cm³/mol. The molecular formula is C21H20BrN3O2. The van der Waals surface area contributed by atoms with Gasteiger partial charge in [-0.1, -0.05) is 57.5 Å². The monoisotopic (exact) mass is 425 g/mol. The Morgan fingerprint density at radius 1 is 1.22 bits per heavy atom. The molecule has 2 aromatic carbocycles. The van der Waals surface area contributed by atoms with E-state index in [1.165, 1.54) is 21.9 Å². The third-order valence-electron chi connectivity index (χ3n) is 4.64. The Morgan fingerprint density at radius 3 is 2.56 bits per heavy atom. The molecule has 6 heteroatoms. The van der Waals surface area contributed by atoms with Crippen LogP contribution >= 0.6 is 15.9 Å². The Hall–Kier alpha value is -2.73. The lowest BCUT2D eigenvalue weighted by atomic mass is 9.84. The molecule has 1 unspecified atom stereocenters. The second-order valence-electron chi connectivity index (χ2n) is 6.45. The summed E-state index contributed by atoms with van der Waals surface area (Å²) in [6.45, 7) is 2.07. The first-order valence-electron chi connectivity index (χ1n) is 8.54. The van der Waals surface area contributed by atoms with Crippen molar-refractivity contribution in [2.75, 3.05) is 0 Å². The highest BCUT2D eigenvalue weighted by atomic mass is 79.9. The molecule has 0 saturated heterocycles. The van der Waals surface area contributed by atoms with Crippen LogP contribution in [-0.2, 0) is 7.05 Å². The number of hydrogen-bond donors (Lipinski definition) is 1. The third kappa shape index (κ3) is 4.34. The molecule has 1 aromatic heterocycles. The van der Waals surface area contributed by atoms with Crippen molar-refractivity contribution in [2.24, 2.45) is 12.2 Å². The van der Waals surface area contributed by atoms with Crippen molar-refractivity contribution in [1.29, 1.82) is 0 Å². The van der Waals surface area contributed by atoms with Crippen molar-refractivity contribution in [3.05, 3.63) is 98.1 Å². The Balaban J connectivity index is 2.04. The van der Waals surface area contributed by atoms with E-state index in [0.717, 1.165) is 10.0 Å². The van der Waals surface area contributed by atoms with E-state index < -0.39 is 0 Å². The van der Waals surface area contributed by atoms with Crippen molar-refractivity contribution >= 4 is 21.6 Å². The smallest absolute Gasteiger partial charge is 0.347 e. The Labute approximate surface area is 166 Å². The summed E-state index contributed by atoms with van der Waals surface area (Å²) in [5.41, 5.74) is 4.20. The summed E-state index contributed by atoms with van der Waals surface area (Å²) < 4.78 is 2.39. The fourth-order valence-corrected chi connectivity index (χ4v) is 3.42. The molecule has 0 saturated carbocycles. The number of halogens is 1. The molecule has 0 amide bonds. The highest BCUT2D eigenvalue weighted by Crippen LogP contribution is 2.32. The number of benzene rings is 2. The molecule has 0 bridgehead atoms. The molecule has 1 heterocycles. The Bertz CT molecular complexity index is 1030. The summed E-state index contributed by atoms with van der Waals surface area (Å²) in [5.74, 6) is 0.00225. The molecule has 3 rings (SSSR count). The number of rotatable bonds is 5. The zero-order valence-electron chi connectivity index (χ0n) is 15.1. The van der Waals surface area contributed by atoms with Gasteiger partial charge in [-0.2, -0.15) is 0 Å². The molecule has 0 spiro atoms. The van der Waals surface area contributed by atoms with Gasteiger partial charge in [-0.25, -0.2) is 9.78 Å². The summed E-state index contributed by atoms with van der Waals surface area (Å²) >= 11 is 3.48. The van der Waals surface area contributed by atoms with Crippen LogP contribution in [0.5, 0.6) is 0 Å². The van der Waals surface area contributed by atoms with Gasteiger partial charge in [0.25, 0.3) is 0 Å². The van der Waals surface area contributed by atoms with Gasteiger partial charge in [0.05, 0.1) is 5.71 Å². The van der Waals surface area contributed by atoms with Crippen LogP contribution in [0.2, 0.25) is 0 Å². The van der Waals surface area contributed by atoms with Crippen molar-refractivity contribution in [3.8, 4) is 0 Å². The van der Waals surface area contributed by atoms with Gasteiger partial charge in [-0.05, 0) is 35.7 Å². The van der Waals surface area contributed by atoms with Gasteiger partial charge < -0.3 is 9.77 Å². The van der Waals surface area contributed by atoms with Gasteiger partial charge in [0.1, 0.15) is 0 Å². The summed E-state index contributed by atoms with van der Waals surface area (Å²) in [4.78, 5) is 15.4. The zero-order valence-corrected chi connectivity index (χ0v) is 16.7. The number of nitrogens with zero attached hydrogens (tertiary/aromatic N) is 3. The molecule has 5 nitrogen and oxygen atoms in total. The van der Waals surface area contributed by atoms with Crippen LogP contribution < -0.4 is 5.69 Å². The maximum absolute atomic E-state index is 11.6. The zero-order chi connectivity index (χ0) is 19.4. The van der Waals surface area contributed by atoms with E-state index in [1.54, 1.807) is 13.2 Å². The molecule has 0 fully saturated rings. The van der Waals surface area contributed by atoms with E-state index in [4.69, 9.17) is 0 Å². The standard InChI is InChI=1S/C21H20BrN3O2/c1-14-5-3-4-6-18(14)19(15-7-9-17(22)10-8-15)11-20(24-27)16-12-23-21(26)25(2)13-16/h3-10,12-13,19,27H,11H2,1-2H3. The Kier molecular flexibility index (Phi) is 5.86. The maximum atomic E-state index is 11.6. The fourth-order valence-electron chi connectivity index (χ4n) is 3.15. The van der Waals surface area contributed by atoms with Gasteiger partial charge in [-0.3, -0.25) is 0 Å². The van der Waals surface area contributed by atoms with Crippen molar-refractivity contribution in [2.45, 2.75) is 19.3 Å². The van der Waals surface area contributed by atoms with Crippen LogP contribution in [0, 0.1) is 6.92 Å². The molecule has 27 heavy (non-hydrogen) atoms. The quantitative estimate of drug-likeness (QED) is 0.377. The topological polar surface area (TPSA) is 67.5 Å². The van der Waals surface area contributed by atoms with Crippen LogP contribution in [0.4, 0.5) is 0 Å². The SMILES string of the molecule is Cc1ccccc1C(CC(=NO)c1cnc(=O)n(C)c1)c1ccc(Br)cc1. The van der Waals surface area contributed by atoms with Gasteiger partial charge >= 0.3 is 5.69 Å². The highest BCUT2D eigenvalue weighted by Gasteiger charge is 2.20. The molecule has 0 aliphatic carbocycles. The van der Waals surface area contributed by atoms with E-state index in [-0.39, 0.29) is 11.6 Å². The molecule has 138 valence electrons. The van der Waals surface area contributed by atoms with E-state index in [2.05, 4.69) is 57.3 Å². The minimum Gasteiger partial charge on any atom is -0.411 e. The van der Waals surface area contributed by atoms with E-state index in [1.807, 2.05) is 24.3 Å². The van der Waals surface area contributed by atoms with Crippen molar-refractivity contribution < 1.29 is 5.21 Å². The molecule has 1 N–H and O–H groups in total. The first-order valence-corrected chi connectivity index (χ1v) is 9.34. The van der Waals surface area contributed by atoms with Crippen LogP contribution in [0.15, 0.2) is 75.3 Å². The minimum atomic E-state index is -0.348. The maximum Gasteiger partial charge on any atom is 0.347 e. The lowest BCUT2D eigenvalue weighted by Gasteiger charge is -2.21. The molecule has 3 aromatic rings.